The number of hydrogen-bond donors (Lipinski definition) is 0. The van der Waals surface area contributed by atoms with E-state index in [0.717, 1.165) is 65.7 Å². The molecule has 0 N–H and O–H groups in total. The first-order valence-corrected chi connectivity index (χ1v) is 16.5. The molecule has 9 aromatic carbocycles. The Morgan fingerprint density at radius 3 is 1.67 bits per heavy atom. The van der Waals surface area contributed by atoms with E-state index in [2.05, 4.69) is 72.8 Å². The molecular weight excluding hydrogens is 593 g/mol. The molecule has 0 atom stereocenters. The van der Waals surface area contributed by atoms with Gasteiger partial charge >= 0.3 is 0 Å². The predicted octanol–water partition coefficient (Wildman–Crippen LogP) is 13.7. The van der Waals surface area contributed by atoms with Gasteiger partial charge in [0.2, 0.25) is 0 Å². The van der Waals surface area contributed by atoms with Crippen LogP contribution in [-0.4, -0.2) is 0 Å². The summed E-state index contributed by atoms with van der Waals surface area (Å²) in [4.78, 5) is 0. The molecule has 0 aliphatic carbocycles. The Kier molecular flexibility index (Phi) is 5.38. The van der Waals surface area contributed by atoms with Crippen LogP contribution in [0.2, 0.25) is 0 Å². The van der Waals surface area contributed by atoms with E-state index in [0.29, 0.717) is 22.3 Å². The maximum atomic E-state index is 9.74. The molecule has 0 aliphatic rings. The van der Waals surface area contributed by atoms with E-state index in [1.54, 1.807) is 0 Å². The quantitative estimate of drug-likeness (QED) is 0.177. The van der Waals surface area contributed by atoms with Crippen molar-refractivity contribution < 1.29 is 9.90 Å². The minimum absolute atomic E-state index is 0.0597. The molecule has 0 radical (unpaired) electrons. The second-order valence-electron chi connectivity index (χ2n) is 12.5. The normalized spacial score (nSPS) is 12.8. The van der Waals surface area contributed by atoms with E-state index in [-0.39, 0.29) is 24.2 Å². The molecule has 0 saturated carbocycles. The van der Waals surface area contributed by atoms with Gasteiger partial charge in [-0.3, -0.25) is 0 Å². The van der Waals surface area contributed by atoms with Crippen molar-refractivity contribution in [3.8, 4) is 44.5 Å². The van der Waals surface area contributed by atoms with Gasteiger partial charge in [-0.05, 0) is 113 Å². The molecule has 10 rings (SSSR count). The lowest BCUT2D eigenvalue weighted by atomic mass is 9.85. The zero-order chi connectivity index (χ0) is 35.8. The van der Waals surface area contributed by atoms with Gasteiger partial charge in [0.15, 0.2) is 0 Å². The third-order valence-corrected chi connectivity index (χ3v) is 9.71. The maximum Gasteiger partial charge on any atom is 0.136 e. The first-order valence-electron chi connectivity index (χ1n) is 18.5. The van der Waals surface area contributed by atoms with Gasteiger partial charge in [0, 0.05) is 10.8 Å². The number of hydrogen-bond acceptors (Lipinski definition) is 1. The minimum atomic E-state index is -0.205. The lowest BCUT2D eigenvalue weighted by Crippen LogP contribution is -1.91. The summed E-state index contributed by atoms with van der Waals surface area (Å²) in [5.41, 5.74) is 7.82. The fourth-order valence-corrected chi connectivity index (χ4v) is 7.41. The summed E-state index contributed by atoms with van der Waals surface area (Å²) < 4.78 is 43.5. The van der Waals surface area contributed by atoms with Crippen LogP contribution < -0.4 is 0 Å². The van der Waals surface area contributed by atoms with Crippen molar-refractivity contribution in [1.29, 1.82) is 0 Å². The first kappa shape index (κ1) is 23.8. The largest absolute Gasteiger partial charge is 0.456 e. The standard InChI is InChI=1S/C48H30O/c1-2-12-32(13-3-1)47-40-17-6-8-19-42(40)48(43-20-9-7-18-41(43)47)38-16-10-15-34(28-38)36-24-26-45-44(29-36)39-25-23-37(30-46(39)49-45)35-22-21-31-11-4-5-14-33(31)27-35/h1-30H/i10D,15D,16D,28D. The van der Waals surface area contributed by atoms with Crippen LogP contribution in [0.5, 0.6) is 0 Å². The lowest BCUT2D eigenvalue weighted by molar-refractivity contribution is 0.669. The van der Waals surface area contributed by atoms with Crippen molar-refractivity contribution in [2.24, 2.45) is 0 Å². The smallest absolute Gasteiger partial charge is 0.136 e. The topological polar surface area (TPSA) is 13.1 Å². The molecule has 0 saturated heterocycles. The Labute approximate surface area is 289 Å². The van der Waals surface area contributed by atoms with Crippen LogP contribution in [0.3, 0.4) is 0 Å². The fraction of sp³-hybridized carbons (Fsp3) is 0. The first-order chi connectivity index (χ1) is 26.0. The summed E-state index contributed by atoms with van der Waals surface area (Å²) in [7, 11) is 0. The molecule has 228 valence electrons. The van der Waals surface area contributed by atoms with Crippen LogP contribution >= 0.6 is 0 Å². The van der Waals surface area contributed by atoms with E-state index in [4.69, 9.17) is 7.16 Å². The van der Waals surface area contributed by atoms with Gasteiger partial charge < -0.3 is 4.42 Å². The van der Waals surface area contributed by atoms with Gasteiger partial charge in [0.25, 0.3) is 0 Å². The third kappa shape index (κ3) is 4.55. The van der Waals surface area contributed by atoms with Crippen LogP contribution in [0, 0.1) is 0 Å². The van der Waals surface area contributed by atoms with E-state index < -0.39 is 0 Å². The Hall–Kier alpha value is -6.44. The highest BCUT2D eigenvalue weighted by molar-refractivity contribution is 6.21. The minimum Gasteiger partial charge on any atom is -0.456 e. The Balaban J connectivity index is 1.18. The van der Waals surface area contributed by atoms with Gasteiger partial charge in [0.05, 0.1) is 5.48 Å². The van der Waals surface area contributed by atoms with E-state index in [1.807, 2.05) is 84.9 Å². The second kappa shape index (κ2) is 11.1. The van der Waals surface area contributed by atoms with Gasteiger partial charge in [-0.15, -0.1) is 0 Å². The molecule has 1 heteroatoms. The van der Waals surface area contributed by atoms with E-state index >= 15 is 0 Å². The zero-order valence-electron chi connectivity index (χ0n) is 30.4. The van der Waals surface area contributed by atoms with Gasteiger partial charge in [-0.2, -0.15) is 0 Å². The van der Waals surface area contributed by atoms with Gasteiger partial charge in [0.1, 0.15) is 11.2 Å². The maximum absolute atomic E-state index is 9.74. The lowest BCUT2D eigenvalue weighted by Gasteiger charge is -2.18. The third-order valence-electron chi connectivity index (χ3n) is 9.71. The molecule has 1 nitrogen and oxygen atoms in total. The average Bonchev–Trinajstić information content (AvgIpc) is 3.57. The molecule has 0 spiro atoms. The molecule has 10 aromatic rings. The summed E-state index contributed by atoms with van der Waals surface area (Å²) in [6.07, 6.45) is 0. The molecule has 0 bridgehead atoms. The van der Waals surface area contributed by atoms with E-state index in [9.17, 15) is 2.74 Å². The molecule has 49 heavy (non-hydrogen) atoms. The predicted molar refractivity (Wildman–Crippen MR) is 208 cm³/mol. The summed E-state index contributed by atoms with van der Waals surface area (Å²) >= 11 is 0. The molecule has 0 aliphatic heterocycles. The number of rotatable bonds is 4. The van der Waals surface area contributed by atoms with Crippen molar-refractivity contribution in [1.82, 2.24) is 0 Å². The SMILES string of the molecule is [2H]c1c([2H])c(-c2ccc3oc4cc(-c5ccc6ccccc6c5)ccc4c3c2)c([2H])c(-c2c3ccccc3c(-c3ccccc3)c3ccccc23)c1[2H]. The summed E-state index contributed by atoms with van der Waals surface area (Å²) in [6, 6.07) is 52.8. The number of furan rings is 1. The monoisotopic (exact) mass is 626 g/mol. The molecule has 0 fully saturated rings. The molecule has 1 aromatic heterocycles. The van der Waals surface area contributed by atoms with Gasteiger partial charge in [-0.1, -0.05) is 146 Å². The number of benzene rings is 9. The summed E-state index contributed by atoms with van der Waals surface area (Å²) in [5.74, 6) is 0. The Morgan fingerprint density at radius 1 is 0.347 bits per heavy atom. The molecular formula is C48H30O. The average molecular weight is 627 g/mol. The fourth-order valence-electron chi connectivity index (χ4n) is 7.41. The van der Waals surface area contributed by atoms with Crippen LogP contribution in [-0.2, 0) is 0 Å². The highest BCUT2D eigenvalue weighted by Gasteiger charge is 2.17. The van der Waals surface area contributed by atoms with Crippen molar-refractivity contribution in [2.45, 2.75) is 0 Å². The van der Waals surface area contributed by atoms with Crippen LogP contribution in [0.25, 0.3) is 98.8 Å². The second-order valence-corrected chi connectivity index (χ2v) is 12.5. The zero-order valence-corrected chi connectivity index (χ0v) is 26.4. The van der Waals surface area contributed by atoms with Crippen molar-refractivity contribution in [3.63, 3.8) is 0 Å². The number of fused-ring (bicyclic) bond motifs is 6. The van der Waals surface area contributed by atoms with Crippen LogP contribution in [0.15, 0.2) is 186 Å². The van der Waals surface area contributed by atoms with Crippen molar-refractivity contribution >= 4 is 54.3 Å². The highest BCUT2D eigenvalue weighted by atomic mass is 16.3. The van der Waals surface area contributed by atoms with Crippen molar-refractivity contribution in [3.05, 3.63) is 182 Å². The molecule has 0 unspecified atom stereocenters. The Morgan fingerprint density at radius 2 is 0.918 bits per heavy atom. The highest BCUT2D eigenvalue weighted by Crippen LogP contribution is 2.44. The van der Waals surface area contributed by atoms with Crippen molar-refractivity contribution in [2.75, 3.05) is 0 Å². The summed E-state index contributed by atoms with van der Waals surface area (Å²) in [6.45, 7) is 0. The molecule has 0 amide bonds. The summed E-state index contributed by atoms with van der Waals surface area (Å²) in [5, 5.41) is 7.97. The van der Waals surface area contributed by atoms with Gasteiger partial charge in [-0.25, -0.2) is 0 Å². The Bertz CT molecular complexity index is 3050. The van der Waals surface area contributed by atoms with Crippen LogP contribution in [0.1, 0.15) is 5.48 Å². The van der Waals surface area contributed by atoms with Crippen LogP contribution in [0.4, 0.5) is 0 Å². The van der Waals surface area contributed by atoms with E-state index in [1.165, 1.54) is 10.8 Å². The molecule has 1 heterocycles.